The summed E-state index contributed by atoms with van der Waals surface area (Å²) in [5, 5.41) is 7.47. The van der Waals surface area contributed by atoms with Crippen LogP contribution >= 0.6 is 0 Å². The Kier molecular flexibility index (Phi) is 8.37. The Labute approximate surface area is 173 Å². The second kappa shape index (κ2) is 11.2. The van der Waals surface area contributed by atoms with Gasteiger partial charge in [-0.15, -0.1) is 0 Å². The summed E-state index contributed by atoms with van der Waals surface area (Å²) >= 11 is 0. The fraction of sp³-hybridized carbons (Fsp3) is 0.238. The van der Waals surface area contributed by atoms with Crippen molar-refractivity contribution in [2.24, 2.45) is 0 Å². The molecular weight excluding hydrogens is 390 g/mol. The molecule has 0 atom stereocenters. The van der Waals surface area contributed by atoms with E-state index in [9.17, 15) is 19.2 Å². The minimum absolute atomic E-state index is 0.243. The van der Waals surface area contributed by atoms with Crippen molar-refractivity contribution in [3.05, 3.63) is 59.7 Å². The number of nitrogens with one attached hydrogen (secondary N) is 3. The summed E-state index contributed by atoms with van der Waals surface area (Å²) < 4.78 is 10.2. The molecule has 0 aliphatic carbocycles. The Morgan fingerprint density at radius 1 is 0.933 bits per heavy atom. The molecular formula is C21H23N3O6. The number of amides is 3. The van der Waals surface area contributed by atoms with Gasteiger partial charge >= 0.3 is 5.97 Å². The first-order valence-electron chi connectivity index (χ1n) is 9.22. The second-order valence-corrected chi connectivity index (χ2v) is 5.98. The van der Waals surface area contributed by atoms with Gasteiger partial charge < -0.3 is 25.4 Å². The summed E-state index contributed by atoms with van der Waals surface area (Å²) in [7, 11) is 1.52. The molecule has 0 saturated carbocycles. The highest BCUT2D eigenvalue weighted by molar-refractivity contribution is 5.99. The van der Waals surface area contributed by atoms with E-state index in [1.807, 2.05) is 0 Å². The minimum atomic E-state index is -0.762. The van der Waals surface area contributed by atoms with Gasteiger partial charge in [-0.1, -0.05) is 12.1 Å². The number of carbonyl (C=O) groups is 4. The Bertz CT molecular complexity index is 911. The van der Waals surface area contributed by atoms with Crippen molar-refractivity contribution in [2.45, 2.75) is 6.92 Å². The van der Waals surface area contributed by atoms with Gasteiger partial charge in [0.05, 0.1) is 12.2 Å². The number of anilines is 1. The molecule has 0 unspecified atom stereocenters. The Morgan fingerprint density at radius 3 is 2.30 bits per heavy atom. The number of hydrogen-bond acceptors (Lipinski definition) is 6. The zero-order valence-electron chi connectivity index (χ0n) is 16.7. The van der Waals surface area contributed by atoms with Crippen molar-refractivity contribution < 1.29 is 28.7 Å². The van der Waals surface area contributed by atoms with E-state index in [4.69, 9.17) is 9.47 Å². The van der Waals surface area contributed by atoms with E-state index in [0.29, 0.717) is 29.2 Å². The lowest BCUT2D eigenvalue weighted by molar-refractivity contribution is -0.146. The van der Waals surface area contributed by atoms with Crippen LogP contribution in [0, 0.1) is 0 Å². The number of carbonyl (C=O) groups excluding carboxylic acids is 4. The molecule has 0 aromatic heterocycles. The number of para-hydroxylation sites is 1. The average Bonchev–Trinajstić information content (AvgIpc) is 2.76. The molecule has 0 radical (unpaired) electrons. The van der Waals surface area contributed by atoms with Crippen molar-refractivity contribution in [1.29, 1.82) is 0 Å². The number of hydrogen-bond donors (Lipinski definition) is 3. The standard InChI is InChI=1S/C21H23N3O6/c1-3-29-17-7-5-4-6-16(17)21(28)23-12-19(26)30-13-18(25)24-15-10-8-14(9-11-15)20(27)22-2/h4-11H,3,12-13H2,1-2H3,(H,22,27)(H,23,28)(H,24,25). The molecule has 9 nitrogen and oxygen atoms in total. The third-order valence-corrected chi connectivity index (χ3v) is 3.85. The predicted octanol–water partition coefficient (Wildman–Crippen LogP) is 1.36. The molecule has 0 saturated heterocycles. The van der Waals surface area contributed by atoms with Crippen LogP contribution in [-0.2, 0) is 14.3 Å². The van der Waals surface area contributed by atoms with E-state index < -0.39 is 30.9 Å². The second-order valence-electron chi connectivity index (χ2n) is 5.98. The first kappa shape index (κ1) is 22.4. The number of rotatable bonds is 9. The van der Waals surface area contributed by atoms with Gasteiger partial charge in [0.25, 0.3) is 17.7 Å². The molecule has 158 valence electrons. The molecule has 30 heavy (non-hydrogen) atoms. The summed E-state index contributed by atoms with van der Waals surface area (Å²) in [5.74, 6) is -1.64. The fourth-order valence-corrected chi connectivity index (χ4v) is 2.43. The van der Waals surface area contributed by atoms with Crippen LogP contribution in [-0.4, -0.2) is 50.5 Å². The van der Waals surface area contributed by atoms with Crippen LogP contribution in [0.1, 0.15) is 27.6 Å². The zero-order chi connectivity index (χ0) is 21.9. The van der Waals surface area contributed by atoms with Crippen LogP contribution in [0.3, 0.4) is 0 Å². The van der Waals surface area contributed by atoms with Crippen molar-refractivity contribution in [1.82, 2.24) is 10.6 Å². The van der Waals surface area contributed by atoms with E-state index in [1.54, 1.807) is 55.5 Å². The number of ether oxygens (including phenoxy) is 2. The van der Waals surface area contributed by atoms with E-state index >= 15 is 0 Å². The highest BCUT2D eigenvalue weighted by Gasteiger charge is 2.14. The predicted molar refractivity (Wildman–Crippen MR) is 109 cm³/mol. The van der Waals surface area contributed by atoms with Crippen LogP contribution in [0.2, 0.25) is 0 Å². The number of esters is 1. The van der Waals surface area contributed by atoms with E-state index in [1.165, 1.54) is 7.05 Å². The lowest BCUT2D eigenvalue weighted by Crippen LogP contribution is -2.32. The fourth-order valence-electron chi connectivity index (χ4n) is 2.43. The van der Waals surface area contributed by atoms with Crippen LogP contribution in [0.4, 0.5) is 5.69 Å². The average molecular weight is 413 g/mol. The molecule has 9 heteroatoms. The van der Waals surface area contributed by atoms with Crippen LogP contribution in [0.15, 0.2) is 48.5 Å². The van der Waals surface area contributed by atoms with Gasteiger partial charge in [0.2, 0.25) is 0 Å². The molecule has 2 aromatic rings. The van der Waals surface area contributed by atoms with E-state index in [-0.39, 0.29) is 5.91 Å². The third-order valence-electron chi connectivity index (χ3n) is 3.85. The van der Waals surface area contributed by atoms with Gasteiger partial charge in [0.1, 0.15) is 12.3 Å². The molecule has 0 bridgehead atoms. The van der Waals surface area contributed by atoms with Crippen molar-refractivity contribution in [3.8, 4) is 5.75 Å². The third kappa shape index (κ3) is 6.62. The maximum Gasteiger partial charge on any atom is 0.325 e. The zero-order valence-corrected chi connectivity index (χ0v) is 16.7. The maximum absolute atomic E-state index is 12.2. The topological polar surface area (TPSA) is 123 Å². The summed E-state index contributed by atoms with van der Waals surface area (Å²) in [4.78, 5) is 47.4. The molecule has 3 amide bonds. The van der Waals surface area contributed by atoms with Crippen molar-refractivity contribution in [2.75, 3.05) is 32.1 Å². The summed E-state index contributed by atoms with van der Waals surface area (Å²) in [6.07, 6.45) is 0. The lowest BCUT2D eigenvalue weighted by Gasteiger charge is -2.10. The summed E-state index contributed by atoms with van der Waals surface area (Å²) in [6.45, 7) is 1.29. The van der Waals surface area contributed by atoms with Crippen LogP contribution in [0.5, 0.6) is 5.75 Å². The smallest absolute Gasteiger partial charge is 0.325 e. The van der Waals surface area contributed by atoms with Crippen molar-refractivity contribution >= 4 is 29.4 Å². The normalized spacial score (nSPS) is 9.93. The Balaban J connectivity index is 1.77. The molecule has 3 N–H and O–H groups in total. The monoisotopic (exact) mass is 413 g/mol. The molecule has 0 fully saturated rings. The Morgan fingerprint density at radius 2 is 1.63 bits per heavy atom. The Hall–Kier alpha value is -3.88. The minimum Gasteiger partial charge on any atom is -0.493 e. The summed E-state index contributed by atoms with van der Waals surface area (Å²) in [6, 6.07) is 12.9. The van der Waals surface area contributed by atoms with Crippen LogP contribution < -0.4 is 20.7 Å². The van der Waals surface area contributed by atoms with Gasteiger partial charge in [-0.25, -0.2) is 0 Å². The first-order chi connectivity index (χ1) is 14.4. The first-order valence-corrected chi connectivity index (χ1v) is 9.22. The molecule has 0 spiro atoms. The quantitative estimate of drug-likeness (QED) is 0.534. The van der Waals surface area contributed by atoms with E-state index in [2.05, 4.69) is 16.0 Å². The van der Waals surface area contributed by atoms with Gasteiger partial charge in [-0.2, -0.15) is 0 Å². The largest absolute Gasteiger partial charge is 0.493 e. The molecule has 2 aromatic carbocycles. The molecule has 0 aliphatic heterocycles. The van der Waals surface area contributed by atoms with Crippen LogP contribution in [0.25, 0.3) is 0 Å². The summed E-state index contributed by atoms with van der Waals surface area (Å²) in [5.41, 5.74) is 1.19. The molecule has 0 aliphatic rings. The van der Waals surface area contributed by atoms with Gasteiger partial charge in [-0.3, -0.25) is 19.2 Å². The van der Waals surface area contributed by atoms with Gasteiger partial charge in [0, 0.05) is 18.3 Å². The van der Waals surface area contributed by atoms with Gasteiger partial charge in [-0.05, 0) is 43.3 Å². The molecule has 0 heterocycles. The van der Waals surface area contributed by atoms with Crippen molar-refractivity contribution in [3.63, 3.8) is 0 Å². The highest BCUT2D eigenvalue weighted by Crippen LogP contribution is 2.17. The van der Waals surface area contributed by atoms with E-state index in [0.717, 1.165) is 0 Å². The number of benzene rings is 2. The molecule has 2 rings (SSSR count). The van der Waals surface area contributed by atoms with Gasteiger partial charge in [0.15, 0.2) is 6.61 Å². The SMILES string of the molecule is CCOc1ccccc1C(=O)NCC(=O)OCC(=O)Nc1ccc(C(=O)NC)cc1. The maximum atomic E-state index is 12.2. The highest BCUT2D eigenvalue weighted by atomic mass is 16.5. The lowest BCUT2D eigenvalue weighted by atomic mass is 10.2.